The number of carbonyl (C=O) groups excluding carboxylic acids is 3. The lowest BCUT2D eigenvalue weighted by Gasteiger charge is -2.18. The molecule has 6 nitrogen and oxygen atoms in total. The fraction of sp³-hybridized carbons (Fsp3) is 0.740. The van der Waals surface area contributed by atoms with Crippen LogP contribution >= 0.6 is 0 Å². The van der Waals surface area contributed by atoms with Crippen LogP contribution in [-0.2, 0) is 28.6 Å². The molecule has 0 saturated heterocycles. The van der Waals surface area contributed by atoms with Crippen LogP contribution in [0.25, 0.3) is 0 Å². The molecule has 0 rings (SSSR count). The van der Waals surface area contributed by atoms with Gasteiger partial charge in [0.15, 0.2) is 6.10 Å². The summed E-state index contributed by atoms with van der Waals surface area (Å²) in [7, 11) is 0. The van der Waals surface area contributed by atoms with E-state index >= 15 is 0 Å². The van der Waals surface area contributed by atoms with E-state index in [0.29, 0.717) is 19.3 Å². The van der Waals surface area contributed by atoms with Gasteiger partial charge in [-0.15, -0.1) is 0 Å². The molecule has 0 heterocycles. The van der Waals surface area contributed by atoms with Gasteiger partial charge in [-0.2, -0.15) is 0 Å². The van der Waals surface area contributed by atoms with Gasteiger partial charge in [0.05, 0.1) is 0 Å². The number of carbonyl (C=O) groups is 3. The zero-order valence-corrected chi connectivity index (χ0v) is 52.1. The first-order valence-corrected chi connectivity index (χ1v) is 33.7. The Kier molecular flexibility index (Phi) is 63.7. The van der Waals surface area contributed by atoms with Crippen molar-refractivity contribution in [1.82, 2.24) is 0 Å². The first-order chi connectivity index (χ1) is 39.0. The second kappa shape index (κ2) is 66.8. The van der Waals surface area contributed by atoms with Crippen molar-refractivity contribution in [2.45, 2.75) is 335 Å². The number of hydrogen-bond acceptors (Lipinski definition) is 6. The SMILES string of the molecule is CC/C=C\C/C=C\C/C=C\C/C=C\CCCCCCC(=O)OC(COC(=O)CCCCCCC/C=C\C/C=C\CCCCC)COC(=O)CCCCCCCCCCCCCCCCCCC/C=C\C/C=C\CCCCCCC. The highest BCUT2D eigenvalue weighted by Crippen LogP contribution is 2.17. The van der Waals surface area contributed by atoms with Crippen molar-refractivity contribution < 1.29 is 28.6 Å². The predicted octanol–water partition coefficient (Wildman–Crippen LogP) is 23.2. The molecule has 0 N–H and O–H groups in total. The van der Waals surface area contributed by atoms with Crippen LogP contribution in [-0.4, -0.2) is 37.2 Å². The maximum atomic E-state index is 12.9. The fourth-order valence-electron chi connectivity index (χ4n) is 9.50. The topological polar surface area (TPSA) is 78.9 Å². The summed E-state index contributed by atoms with van der Waals surface area (Å²) in [5.74, 6) is -0.917. The summed E-state index contributed by atoms with van der Waals surface area (Å²) in [5.41, 5.74) is 0. The van der Waals surface area contributed by atoms with Crippen molar-refractivity contribution in [3.05, 3.63) is 97.2 Å². The van der Waals surface area contributed by atoms with E-state index in [2.05, 4.69) is 118 Å². The van der Waals surface area contributed by atoms with Crippen molar-refractivity contribution >= 4 is 17.9 Å². The molecule has 0 bridgehead atoms. The molecule has 1 atom stereocenters. The molecule has 1 unspecified atom stereocenters. The zero-order valence-electron chi connectivity index (χ0n) is 52.1. The highest BCUT2D eigenvalue weighted by Gasteiger charge is 2.19. The smallest absolute Gasteiger partial charge is 0.306 e. The minimum atomic E-state index is -0.798. The minimum absolute atomic E-state index is 0.0906. The molecular formula is C73H126O6. The summed E-state index contributed by atoms with van der Waals surface area (Å²) in [6.45, 7) is 6.49. The average Bonchev–Trinajstić information content (AvgIpc) is 3.45. The third-order valence-corrected chi connectivity index (χ3v) is 14.5. The van der Waals surface area contributed by atoms with Crippen molar-refractivity contribution in [1.29, 1.82) is 0 Å². The first kappa shape index (κ1) is 75.3. The summed E-state index contributed by atoms with van der Waals surface area (Å²) in [5, 5.41) is 0. The molecule has 0 aliphatic carbocycles. The first-order valence-electron chi connectivity index (χ1n) is 33.7. The normalized spacial score (nSPS) is 12.7. The van der Waals surface area contributed by atoms with Gasteiger partial charge in [-0.3, -0.25) is 14.4 Å². The second-order valence-electron chi connectivity index (χ2n) is 22.3. The van der Waals surface area contributed by atoms with Gasteiger partial charge in [-0.1, -0.05) is 285 Å². The zero-order chi connectivity index (χ0) is 57.1. The van der Waals surface area contributed by atoms with E-state index in [0.717, 1.165) is 128 Å². The summed E-state index contributed by atoms with van der Waals surface area (Å²) >= 11 is 0. The van der Waals surface area contributed by atoms with Gasteiger partial charge in [-0.05, 0) is 122 Å². The second-order valence-corrected chi connectivity index (χ2v) is 22.3. The quantitative estimate of drug-likeness (QED) is 0.0261. The number of allylic oxidation sites excluding steroid dienone is 16. The van der Waals surface area contributed by atoms with Crippen LogP contribution in [0.15, 0.2) is 97.2 Å². The molecule has 0 fully saturated rings. The maximum Gasteiger partial charge on any atom is 0.306 e. The Morgan fingerprint density at radius 1 is 0.266 bits per heavy atom. The molecule has 0 radical (unpaired) electrons. The molecule has 0 aliphatic rings. The summed E-state index contributed by atoms with van der Waals surface area (Å²) < 4.78 is 16.9. The molecule has 0 aromatic carbocycles. The van der Waals surface area contributed by atoms with E-state index in [-0.39, 0.29) is 31.1 Å². The summed E-state index contributed by atoms with van der Waals surface area (Å²) in [6, 6.07) is 0. The molecule has 6 heteroatoms. The van der Waals surface area contributed by atoms with Gasteiger partial charge in [0.25, 0.3) is 0 Å². The highest BCUT2D eigenvalue weighted by atomic mass is 16.6. The van der Waals surface area contributed by atoms with Crippen LogP contribution in [0.1, 0.15) is 329 Å². The molecule has 0 spiro atoms. The monoisotopic (exact) mass is 1100 g/mol. The van der Waals surface area contributed by atoms with Crippen molar-refractivity contribution in [2.24, 2.45) is 0 Å². The van der Waals surface area contributed by atoms with Crippen molar-refractivity contribution in [3.8, 4) is 0 Å². The van der Waals surface area contributed by atoms with Crippen LogP contribution < -0.4 is 0 Å². The Hall–Kier alpha value is -3.67. The van der Waals surface area contributed by atoms with Crippen molar-refractivity contribution in [3.63, 3.8) is 0 Å². The molecule has 0 aromatic heterocycles. The Morgan fingerprint density at radius 3 is 0.797 bits per heavy atom. The molecule has 0 saturated carbocycles. The average molecular weight is 1100 g/mol. The Balaban J connectivity index is 4.28. The van der Waals surface area contributed by atoms with E-state index < -0.39 is 6.10 Å². The van der Waals surface area contributed by atoms with Crippen LogP contribution in [0.3, 0.4) is 0 Å². The van der Waals surface area contributed by atoms with E-state index in [1.54, 1.807) is 0 Å². The van der Waals surface area contributed by atoms with Gasteiger partial charge in [0, 0.05) is 19.3 Å². The Morgan fingerprint density at radius 2 is 0.494 bits per heavy atom. The minimum Gasteiger partial charge on any atom is -0.462 e. The van der Waals surface area contributed by atoms with Crippen molar-refractivity contribution in [2.75, 3.05) is 13.2 Å². The molecule has 0 aliphatic heterocycles. The van der Waals surface area contributed by atoms with Crippen LogP contribution in [0.5, 0.6) is 0 Å². The third kappa shape index (κ3) is 65.0. The molecule has 0 aromatic rings. The summed E-state index contributed by atoms with van der Waals surface area (Å²) in [6.07, 6.45) is 90.0. The maximum absolute atomic E-state index is 12.9. The van der Waals surface area contributed by atoms with Gasteiger partial charge < -0.3 is 14.2 Å². The molecule has 0 amide bonds. The van der Waals surface area contributed by atoms with Gasteiger partial charge in [-0.25, -0.2) is 0 Å². The number of hydrogen-bond donors (Lipinski definition) is 0. The van der Waals surface area contributed by atoms with Crippen LogP contribution in [0.2, 0.25) is 0 Å². The number of rotatable bonds is 61. The lowest BCUT2D eigenvalue weighted by Crippen LogP contribution is -2.30. The van der Waals surface area contributed by atoms with E-state index in [9.17, 15) is 14.4 Å². The fourth-order valence-corrected chi connectivity index (χ4v) is 9.50. The number of esters is 3. The van der Waals surface area contributed by atoms with Gasteiger partial charge in [0.2, 0.25) is 0 Å². The largest absolute Gasteiger partial charge is 0.462 e. The highest BCUT2D eigenvalue weighted by molar-refractivity contribution is 5.71. The van der Waals surface area contributed by atoms with Crippen LogP contribution in [0, 0.1) is 0 Å². The molecule has 454 valence electrons. The summed E-state index contributed by atoms with van der Waals surface area (Å²) in [4.78, 5) is 38.3. The molecular weight excluding hydrogens is 973 g/mol. The third-order valence-electron chi connectivity index (χ3n) is 14.5. The van der Waals surface area contributed by atoms with E-state index in [4.69, 9.17) is 14.2 Å². The van der Waals surface area contributed by atoms with E-state index in [1.807, 2.05) is 0 Å². The van der Waals surface area contributed by atoms with E-state index in [1.165, 1.54) is 161 Å². The standard InChI is InChI=1S/C73H126O6/c1-4-7-10-13-16-19-22-25-28-30-31-32-33-34-35-36-37-38-39-40-41-43-45-48-51-54-57-60-63-66-72(75)78-69-70(68-77-71(74)65-62-59-56-53-50-47-44-27-24-21-18-15-12-9-6-3)79-73(76)67-64-61-58-55-52-49-46-42-29-26-23-20-17-14-11-8-5-2/h8,11,17-18,20-22,25-27,29-31,44,46,49,70H,4-7,9-10,12-16,19,23-24,28,32-43,45,47-48,50-69H2,1-3H3/b11-8-,20-17-,21-18-,25-22-,29-26-,31-30-,44-27-,49-46-. The van der Waals surface area contributed by atoms with Gasteiger partial charge >= 0.3 is 17.9 Å². The van der Waals surface area contributed by atoms with Gasteiger partial charge in [0.1, 0.15) is 13.2 Å². The Labute approximate surface area is 489 Å². The number of ether oxygens (including phenoxy) is 3. The Bertz CT molecular complexity index is 1540. The lowest BCUT2D eigenvalue weighted by atomic mass is 10.0. The molecule has 79 heavy (non-hydrogen) atoms. The number of unbranched alkanes of at least 4 members (excludes halogenated alkanes) is 34. The predicted molar refractivity (Wildman–Crippen MR) is 344 cm³/mol. The lowest BCUT2D eigenvalue weighted by molar-refractivity contribution is -0.167. The van der Waals surface area contributed by atoms with Crippen LogP contribution in [0.4, 0.5) is 0 Å².